The molecule has 0 aliphatic heterocycles. The van der Waals surface area contributed by atoms with Crippen molar-refractivity contribution in [3.8, 4) is 0 Å². The van der Waals surface area contributed by atoms with Crippen molar-refractivity contribution < 1.29 is 5.11 Å². The van der Waals surface area contributed by atoms with Crippen molar-refractivity contribution >= 4 is 34.8 Å². The van der Waals surface area contributed by atoms with Crippen LogP contribution in [0.1, 0.15) is 30.6 Å². The molecule has 0 saturated carbocycles. The minimum Gasteiger partial charge on any atom is -0.388 e. The highest BCUT2D eigenvalue weighted by molar-refractivity contribution is 6.66. The largest absolute Gasteiger partial charge is 0.388 e. The van der Waals surface area contributed by atoms with Gasteiger partial charge in [0, 0.05) is 5.56 Å². The maximum Gasteiger partial charge on any atom is 0.216 e. The summed E-state index contributed by atoms with van der Waals surface area (Å²) in [4.78, 5) is 0. The Morgan fingerprint density at radius 3 is 2.36 bits per heavy atom. The average molecular weight is 254 g/mol. The fourth-order valence-electron chi connectivity index (χ4n) is 1.27. The first kappa shape index (κ1) is 12.1. The lowest BCUT2D eigenvalue weighted by Crippen LogP contribution is -2.08. The van der Waals surface area contributed by atoms with E-state index in [9.17, 15) is 5.11 Å². The van der Waals surface area contributed by atoms with Crippen LogP contribution < -0.4 is 0 Å². The van der Waals surface area contributed by atoms with Crippen LogP contribution in [0.5, 0.6) is 0 Å². The first-order valence-electron chi connectivity index (χ1n) is 4.31. The van der Waals surface area contributed by atoms with Gasteiger partial charge in [-0.25, -0.2) is 0 Å². The van der Waals surface area contributed by atoms with Crippen molar-refractivity contribution in [3.05, 3.63) is 35.4 Å². The summed E-state index contributed by atoms with van der Waals surface area (Å²) < 4.78 is -1.48. The number of alkyl halides is 3. The smallest absolute Gasteiger partial charge is 0.216 e. The van der Waals surface area contributed by atoms with E-state index in [1.54, 1.807) is 18.2 Å². The molecule has 1 rings (SSSR count). The highest BCUT2D eigenvalue weighted by Gasteiger charge is 2.27. The maximum atomic E-state index is 9.70. The number of hydrogen-bond acceptors (Lipinski definition) is 1. The van der Waals surface area contributed by atoms with E-state index in [0.717, 1.165) is 0 Å². The second kappa shape index (κ2) is 4.71. The van der Waals surface area contributed by atoms with Crippen LogP contribution in [0.15, 0.2) is 24.3 Å². The number of benzene rings is 1. The van der Waals surface area contributed by atoms with Crippen LogP contribution in [-0.2, 0) is 3.79 Å². The van der Waals surface area contributed by atoms with E-state index >= 15 is 0 Å². The summed E-state index contributed by atoms with van der Waals surface area (Å²) in [5, 5.41) is 9.70. The number of hydrogen-bond donors (Lipinski definition) is 1. The molecule has 0 aliphatic rings. The van der Waals surface area contributed by atoms with E-state index in [4.69, 9.17) is 34.8 Å². The highest BCUT2D eigenvalue weighted by Crippen LogP contribution is 2.41. The third-order valence-electron chi connectivity index (χ3n) is 2.01. The Balaban J connectivity index is 3.16. The fraction of sp³-hybridized carbons (Fsp3) is 0.400. The van der Waals surface area contributed by atoms with Crippen LogP contribution in [0.25, 0.3) is 0 Å². The van der Waals surface area contributed by atoms with Gasteiger partial charge >= 0.3 is 0 Å². The van der Waals surface area contributed by atoms with Crippen molar-refractivity contribution in [2.45, 2.75) is 23.2 Å². The zero-order valence-corrected chi connectivity index (χ0v) is 9.94. The molecule has 1 aromatic carbocycles. The van der Waals surface area contributed by atoms with E-state index in [1.807, 2.05) is 13.0 Å². The molecule has 0 heterocycles. The summed E-state index contributed by atoms with van der Waals surface area (Å²) in [6.45, 7) is 1.87. The highest BCUT2D eigenvalue weighted by atomic mass is 35.6. The molecule has 0 spiro atoms. The van der Waals surface area contributed by atoms with E-state index in [-0.39, 0.29) is 0 Å². The Hall–Kier alpha value is 0.0500. The summed E-state index contributed by atoms with van der Waals surface area (Å²) in [6, 6.07) is 7.07. The molecule has 1 unspecified atom stereocenters. The number of aliphatic hydroxyl groups is 1. The quantitative estimate of drug-likeness (QED) is 0.791. The molecule has 0 aliphatic carbocycles. The number of rotatable bonds is 2. The molecule has 1 aromatic rings. The third-order valence-corrected chi connectivity index (χ3v) is 2.62. The lowest BCUT2D eigenvalue weighted by molar-refractivity contribution is 0.172. The van der Waals surface area contributed by atoms with Gasteiger partial charge < -0.3 is 5.11 Å². The Morgan fingerprint density at radius 1 is 1.29 bits per heavy atom. The minimum absolute atomic E-state index is 0.541. The van der Waals surface area contributed by atoms with Gasteiger partial charge in [0.1, 0.15) is 0 Å². The summed E-state index contributed by atoms with van der Waals surface area (Å²) in [6.07, 6.45) is 0.0134. The summed E-state index contributed by atoms with van der Waals surface area (Å²) in [7, 11) is 0. The second-order valence-corrected chi connectivity index (χ2v) is 5.29. The molecular weight excluding hydrogens is 242 g/mol. The van der Waals surface area contributed by atoms with Crippen LogP contribution in [0.4, 0.5) is 0 Å². The van der Waals surface area contributed by atoms with Crippen LogP contribution in [0, 0.1) is 0 Å². The van der Waals surface area contributed by atoms with Gasteiger partial charge in [-0.05, 0) is 12.0 Å². The topological polar surface area (TPSA) is 20.2 Å². The van der Waals surface area contributed by atoms with E-state index in [1.165, 1.54) is 0 Å². The van der Waals surface area contributed by atoms with Crippen molar-refractivity contribution in [2.75, 3.05) is 0 Å². The van der Waals surface area contributed by atoms with Gasteiger partial charge in [0.15, 0.2) is 0 Å². The van der Waals surface area contributed by atoms with E-state index in [0.29, 0.717) is 17.5 Å². The second-order valence-electron chi connectivity index (χ2n) is 3.01. The summed E-state index contributed by atoms with van der Waals surface area (Å²) in [5.41, 5.74) is 1.22. The lowest BCUT2D eigenvalue weighted by Gasteiger charge is -2.19. The first-order valence-corrected chi connectivity index (χ1v) is 5.44. The lowest BCUT2D eigenvalue weighted by atomic mass is 10.0. The molecule has 14 heavy (non-hydrogen) atoms. The van der Waals surface area contributed by atoms with Gasteiger partial charge in [-0.2, -0.15) is 0 Å². The minimum atomic E-state index is -1.48. The van der Waals surface area contributed by atoms with Crippen molar-refractivity contribution in [1.82, 2.24) is 0 Å². The van der Waals surface area contributed by atoms with Gasteiger partial charge in [0.25, 0.3) is 0 Å². The predicted molar refractivity (Wildman–Crippen MR) is 60.9 cm³/mol. The molecule has 0 aromatic heterocycles. The predicted octanol–water partition coefficient (Wildman–Crippen LogP) is 3.96. The molecule has 1 atom stereocenters. The molecule has 0 fully saturated rings. The van der Waals surface area contributed by atoms with Gasteiger partial charge in [-0.3, -0.25) is 0 Å². The molecule has 0 bridgehead atoms. The van der Waals surface area contributed by atoms with Crippen LogP contribution in [0.3, 0.4) is 0 Å². The SMILES string of the molecule is CCC(O)c1ccccc1C(Cl)(Cl)Cl. The fourth-order valence-corrected chi connectivity index (χ4v) is 1.78. The van der Waals surface area contributed by atoms with Crippen LogP contribution in [0.2, 0.25) is 0 Å². The van der Waals surface area contributed by atoms with E-state index in [2.05, 4.69) is 0 Å². The number of aliphatic hydroxyl groups excluding tert-OH is 1. The molecule has 0 amide bonds. The van der Waals surface area contributed by atoms with Gasteiger partial charge in [-0.15, -0.1) is 0 Å². The zero-order valence-electron chi connectivity index (χ0n) is 7.67. The molecule has 4 heteroatoms. The summed E-state index contributed by atoms with van der Waals surface area (Å²) >= 11 is 17.4. The standard InChI is InChI=1S/C10H11Cl3O/c1-2-9(14)7-5-3-4-6-8(7)10(11,12)13/h3-6,9,14H,2H2,1H3. The Bertz CT molecular complexity index is 306. The third kappa shape index (κ3) is 2.77. The maximum absolute atomic E-state index is 9.70. The van der Waals surface area contributed by atoms with Crippen molar-refractivity contribution in [3.63, 3.8) is 0 Å². The summed E-state index contributed by atoms with van der Waals surface area (Å²) in [5.74, 6) is 0. The van der Waals surface area contributed by atoms with Crippen LogP contribution >= 0.6 is 34.8 Å². The molecule has 1 N–H and O–H groups in total. The van der Waals surface area contributed by atoms with Crippen molar-refractivity contribution in [2.24, 2.45) is 0 Å². The molecule has 1 nitrogen and oxygen atoms in total. The van der Waals surface area contributed by atoms with E-state index < -0.39 is 9.90 Å². The number of halogens is 3. The monoisotopic (exact) mass is 252 g/mol. The Morgan fingerprint density at radius 2 is 1.86 bits per heavy atom. The molecule has 78 valence electrons. The Kier molecular flexibility index (Phi) is 4.08. The Labute approximate surface area is 98.6 Å². The molecular formula is C10H11Cl3O. The van der Waals surface area contributed by atoms with Gasteiger partial charge in [-0.1, -0.05) is 66.0 Å². The first-order chi connectivity index (χ1) is 6.46. The average Bonchev–Trinajstić information content (AvgIpc) is 2.15. The van der Waals surface area contributed by atoms with Crippen LogP contribution in [-0.4, -0.2) is 5.11 Å². The molecule has 0 radical (unpaired) electrons. The van der Waals surface area contributed by atoms with Gasteiger partial charge in [0.2, 0.25) is 3.79 Å². The normalized spacial score (nSPS) is 14.1. The van der Waals surface area contributed by atoms with Crippen molar-refractivity contribution in [1.29, 1.82) is 0 Å². The zero-order chi connectivity index (χ0) is 10.8. The molecule has 0 saturated heterocycles. The van der Waals surface area contributed by atoms with Gasteiger partial charge in [0.05, 0.1) is 6.10 Å².